The Morgan fingerprint density at radius 3 is 2.84 bits per heavy atom. The molecule has 19 heavy (non-hydrogen) atoms. The van der Waals surface area contributed by atoms with Gasteiger partial charge in [-0.05, 0) is 30.0 Å². The molecule has 1 N–H and O–H groups in total. The van der Waals surface area contributed by atoms with Crippen molar-refractivity contribution in [3.05, 3.63) is 35.4 Å². The van der Waals surface area contributed by atoms with E-state index in [0.29, 0.717) is 18.9 Å². The number of esters is 1. The van der Waals surface area contributed by atoms with Gasteiger partial charge >= 0.3 is 5.97 Å². The Morgan fingerprint density at radius 1 is 1.37 bits per heavy atom. The predicted molar refractivity (Wildman–Crippen MR) is 72.8 cm³/mol. The number of carbonyl (C=O) groups excluding carboxylic acids is 1. The molecule has 0 saturated carbocycles. The van der Waals surface area contributed by atoms with Gasteiger partial charge < -0.3 is 14.8 Å². The molecule has 4 nitrogen and oxygen atoms in total. The van der Waals surface area contributed by atoms with Crippen molar-refractivity contribution >= 4 is 5.97 Å². The van der Waals surface area contributed by atoms with E-state index in [0.717, 1.165) is 30.8 Å². The third kappa shape index (κ3) is 4.33. The summed E-state index contributed by atoms with van der Waals surface area (Å²) in [6.07, 6.45) is 1.49. The van der Waals surface area contributed by atoms with E-state index >= 15 is 0 Å². The van der Waals surface area contributed by atoms with E-state index in [-0.39, 0.29) is 5.97 Å². The third-order valence-electron chi connectivity index (χ3n) is 3.45. The van der Waals surface area contributed by atoms with Crippen LogP contribution in [-0.4, -0.2) is 32.8 Å². The molecule has 2 rings (SSSR count). The summed E-state index contributed by atoms with van der Waals surface area (Å²) in [6, 6.07) is 7.86. The van der Waals surface area contributed by atoms with E-state index in [2.05, 4.69) is 5.32 Å². The first-order chi connectivity index (χ1) is 9.29. The van der Waals surface area contributed by atoms with Crippen LogP contribution in [0.4, 0.5) is 0 Å². The second kappa shape index (κ2) is 7.26. The molecule has 4 heteroatoms. The van der Waals surface area contributed by atoms with Crippen molar-refractivity contribution in [1.29, 1.82) is 0 Å². The van der Waals surface area contributed by atoms with Gasteiger partial charge in [-0.2, -0.15) is 0 Å². The zero-order valence-electron chi connectivity index (χ0n) is 11.4. The van der Waals surface area contributed by atoms with Crippen LogP contribution >= 0.6 is 0 Å². The Bertz CT molecular complexity index is 414. The van der Waals surface area contributed by atoms with Crippen LogP contribution in [0, 0.1) is 5.92 Å². The van der Waals surface area contributed by atoms with Crippen molar-refractivity contribution in [1.82, 2.24) is 5.32 Å². The Balaban J connectivity index is 1.86. The van der Waals surface area contributed by atoms with E-state index in [1.807, 2.05) is 24.3 Å². The minimum atomic E-state index is -0.215. The highest BCUT2D eigenvalue weighted by molar-refractivity contribution is 5.72. The summed E-state index contributed by atoms with van der Waals surface area (Å²) < 4.78 is 10.5. The first-order valence-electron chi connectivity index (χ1n) is 6.71. The monoisotopic (exact) mass is 263 g/mol. The van der Waals surface area contributed by atoms with Gasteiger partial charge in [-0.1, -0.05) is 24.3 Å². The van der Waals surface area contributed by atoms with Crippen LogP contribution in [0.15, 0.2) is 24.3 Å². The van der Waals surface area contributed by atoms with Gasteiger partial charge in [0.05, 0.1) is 26.7 Å². The summed E-state index contributed by atoms with van der Waals surface area (Å²) in [7, 11) is 1.41. The number of hydrogen-bond acceptors (Lipinski definition) is 4. The van der Waals surface area contributed by atoms with Crippen molar-refractivity contribution in [2.75, 3.05) is 26.8 Å². The number of rotatable bonds is 6. The van der Waals surface area contributed by atoms with Crippen molar-refractivity contribution < 1.29 is 14.3 Å². The van der Waals surface area contributed by atoms with Crippen molar-refractivity contribution in [2.45, 2.75) is 19.4 Å². The maximum Gasteiger partial charge on any atom is 0.309 e. The molecule has 1 saturated heterocycles. The average Bonchev–Trinajstić information content (AvgIpc) is 2.94. The van der Waals surface area contributed by atoms with Crippen molar-refractivity contribution in [3.63, 3.8) is 0 Å². The molecule has 0 amide bonds. The molecule has 1 atom stereocenters. The fourth-order valence-corrected chi connectivity index (χ4v) is 2.29. The lowest BCUT2D eigenvalue weighted by molar-refractivity contribution is -0.139. The van der Waals surface area contributed by atoms with Crippen LogP contribution in [-0.2, 0) is 27.3 Å². The molecule has 1 aliphatic rings. The fraction of sp³-hybridized carbons (Fsp3) is 0.533. The summed E-state index contributed by atoms with van der Waals surface area (Å²) >= 11 is 0. The number of ether oxygens (including phenoxy) is 2. The van der Waals surface area contributed by atoms with Crippen LogP contribution in [0.2, 0.25) is 0 Å². The molecule has 1 heterocycles. The third-order valence-corrected chi connectivity index (χ3v) is 3.45. The lowest BCUT2D eigenvalue weighted by Crippen LogP contribution is -2.14. The zero-order chi connectivity index (χ0) is 13.5. The molecule has 104 valence electrons. The number of methoxy groups -OCH3 is 1. The molecular formula is C15H21NO3. The second-order valence-electron chi connectivity index (χ2n) is 4.90. The minimum absolute atomic E-state index is 0.215. The molecule has 0 aromatic heterocycles. The lowest BCUT2D eigenvalue weighted by atomic mass is 10.1. The van der Waals surface area contributed by atoms with E-state index in [1.165, 1.54) is 13.5 Å². The molecule has 1 aromatic rings. The molecule has 0 aliphatic carbocycles. The van der Waals surface area contributed by atoms with E-state index in [1.54, 1.807) is 0 Å². The molecule has 0 radical (unpaired) electrons. The van der Waals surface area contributed by atoms with Crippen LogP contribution in [0.1, 0.15) is 17.5 Å². The summed E-state index contributed by atoms with van der Waals surface area (Å²) in [4.78, 5) is 11.3. The maximum absolute atomic E-state index is 11.3. The van der Waals surface area contributed by atoms with E-state index in [4.69, 9.17) is 9.47 Å². The Hall–Kier alpha value is -1.39. The van der Waals surface area contributed by atoms with Gasteiger partial charge in [-0.25, -0.2) is 0 Å². The lowest BCUT2D eigenvalue weighted by Gasteiger charge is -2.12. The van der Waals surface area contributed by atoms with Crippen LogP contribution in [0.25, 0.3) is 0 Å². The second-order valence-corrected chi connectivity index (χ2v) is 4.90. The topological polar surface area (TPSA) is 47.6 Å². The molecule has 1 unspecified atom stereocenters. The van der Waals surface area contributed by atoms with Crippen LogP contribution in [0.3, 0.4) is 0 Å². The van der Waals surface area contributed by atoms with Gasteiger partial charge in [0.2, 0.25) is 0 Å². The van der Waals surface area contributed by atoms with Gasteiger partial charge in [0.15, 0.2) is 0 Å². The molecule has 1 fully saturated rings. The molecule has 1 aromatic carbocycles. The van der Waals surface area contributed by atoms with Gasteiger partial charge in [-0.15, -0.1) is 0 Å². The first-order valence-corrected chi connectivity index (χ1v) is 6.71. The maximum atomic E-state index is 11.3. The van der Waals surface area contributed by atoms with E-state index < -0.39 is 0 Å². The molecule has 0 bridgehead atoms. The largest absolute Gasteiger partial charge is 0.469 e. The Kier molecular flexibility index (Phi) is 5.36. The SMILES string of the molecule is COC(=O)Cc1ccccc1COCC1CCNC1. The number of benzene rings is 1. The summed E-state index contributed by atoms with van der Waals surface area (Å²) in [5.74, 6) is 0.403. The van der Waals surface area contributed by atoms with Gasteiger partial charge in [0, 0.05) is 6.54 Å². The Morgan fingerprint density at radius 2 is 2.16 bits per heavy atom. The van der Waals surface area contributed by atoms with Crippen LogP contribution < -0.4 is 5.32 Å². The number of nitrogens with one attached hydrogen (secondary N) is 1. The highest BCUT2D eigenvalue weighted by atomic mass is 16.5. The molecular weight excluding hydrogens is 242 g/mol. The smallest absolute Gasteiger partial charge is 0.309 e. The van der Waals surface area contributed by atoms with Gasteiger partial charge in [0.25, 0.3) is 0 Å². The quantitative estimate of drug-likeness (QED) is 0.791. The van der Waals surface area contributed by atoms with Gasteiger partial charge in [-0.3, -0.25) is 4.79 Å². The Labute approximate surface area is 114 Å². The van der Waals surface area contributed by atoms with Gasteiger partial charge in [0.1, 0.15) is 0 Å². The van der Waals surface area contributed by atoms with Crippen molar-refractivity contribution in [3.8, 4) is 0 Å². The predicted octanol–water partition coefficient (Wildman–Crippen LogP) is 1.53. The zero-order valence-corrected chi connectivity index (χ0v) is 11.4. The average molecular weight is 263 g/mol. The summed E-state index contributed by atoms with van der Waals surface area (Å²) in [6.45, 7) is 3.47. The van der Waals surface area contributed by atoms with Crippen molar-refractivity contribution in [2.24, 2.45) is 5.92 Å². The summed E-state index contributed by atoms with van der Waals surface area (Å²) in [5.41, 5.74) is 2.05. The minimum Gasteiger partial charge on any atom is -0.469 e. The highest BCUT2D eigenvalue weighted by Gasteiger charge is 2.14. The number of hydrogen-bond donors (Lipinski definition) is 1. The fourth-order valence-electron chi connectivity index (χ4n) is 2.29. The standard InChI is InChI=1S/C15H21NO3/c1-18-15(17)8-13-4-2-3-5-14(13)11-19-10-12-6-7-16-9-12/h2-5,12,16H,6-11H2,1H3. The summed E-state index contributed by atoms with van der Waals surface area (Å²) in [5, 5.41) is 3.32. The normalized spacial score (nSPS) is 18.5. The van der Waals surface area contributed by atoms with E-state index in [9.17, 15) is 4.79 Å². The molecule has 1 aliphatic heterocycles. The molecule has 0 spiro atoms. The number of carbonyl (C=O) groups is 1. The van der Waals surface area contributed by atoms with Crippen LogP contribution in [0.5, 0.6) is 0 Å². The first kappa shape index (κ1) is 14.0. The highest BCUT2D eigenvalue weighted by Crippen LogP contribution is 2.14.